The maximum absolute atomic E-state index is 11.6. The minimum Gasteiger partial charge on any atom is -0.359 e. The molecule has 0 bridgehead atoms. The van der Waals surface area contributed by atoms with Crippen molar-refractivity contribution in [3.8, 4) is 0 Å². The van der Waals surface area contributed by atoms with E-state index in [0.717, 1.165) is 19.6 Å². The Morgan fingerprint density at radius 3 is 3.00 bits per heavy atom. The van der Waals surface area contributed by atoms with E-state index in [1.807, 2.05) is 6.92 Å². The Morgan fingerprint density at radius 2 is 2.26 bits per heavy atom. The van der Waals surface area contributed by atoms with Crippen molar-refractivity contribution < 1.29 is 4.79 Å². The first-order valence-corrected chi connectivity index (χ1v) is 6.83. The predicted octanol–water partition coefficient (Wildman–Crippen LogP) is 1.14. The van der Waals surface area contributed by atoms with Crippen molar-refractivity contribution in [2.24, 2.45) is 5.92 Å². The van der Waals surface area contributed by atoms with E-state index in [-0.39, 0.29) is 11.8 Å². The summed E-state index contributed by atoms with van der Waals surface area (Å²) in [5.41, 5.74) is 2.74. The molecule has 1 heterocycles. The van der Waals surface area contributed by atoms with E-state index in [9.17, 15) is 4.79 Å². The number of hydrogen-bond donors (Lipinski definition) is 2. The van der Waals surface area contributed by atoms with Crippen LogP contribution in [0, 0.1) is 5.92 Å². The van der Waals surface area contributed by atoms with Crippen LogP contribution in [0.4, 0.5) is 0 Å². The lowest BCUT2D eigenvalue weighted by molar-refractivity contribution is -0.124. The zero-order chi connectivity index (χ0) is 13.8. The maximum atomic E-state index is 11.6. The Kier molecular flexibility index (Phi) is 4.56. The van der Waals surface area contributed by atoms with Gasteiger partial charge in [0, 0.05) is 38.6 Å². The lowest BCUT2D eigenvalue weighted by Crippen LogP contribution is -2.41. The summed E-state index contributed by atoms with van der Waals surface area (Å²) in [6.07, 6.45) is 0. The van der Waals surface area contributed by atoms with Gasteiger partial charge in [0.25, 0.3) is 0 Å². The van der Waals surface area contributed by atoms with Crippen molar-refractivity contribution in [3.05, 3.63) is 35.4 Å². The highest BCUT2D eigenvalue weighted by Gasteiger charge is 2.25. The summed E-state index contributed by atoms with van der Waals surface area (Å²) in [5, 5.41) is 6.16. The van der Waals surface area contributed by atoms with Crippen molar-refractivity contribution in [3.63, 3.8) is 0 Å². The van der Waals surface area contributed by atoms with E-state index in [1.54, 1.807) is 7.05 Å². The Balaban J connectivity index is 2.08. The third-order valence-electron chi connectivity index (χ3n) is 3.86. The van der Waals surface area contributed by atoms with Crippen molar-refractivity contribution in [1.82, 2.24) is 15.5 Å². The first kappa shape index (κ1) is 14.0. The molecule has 4 heteroatoms. The number of amides is 1. The van der Waals surface area contributed by atoms with Gasteiger partial charge < -0.3 is 10.6 Å². The van der Waals surface area contributed by atoms with Gasteiger partial charge in [0.1, 0.15) is 0 Å². The Bertz CT molecular complexity index is 447. The molecule has 1 amide bonds. The van der Waals surface area contributed by atoms with Gasteiger partial charge in [-0.1, -0.05) is 31.2 Å². The largest absolute Gasteiger partial charge is 0.359 e. The molecule has 0 fully saturated rings. The van der Waals surface area contributed by atoms with Crippen LogP contribution in [0.25, 0.3) is 0 Å². The van der Waals surface area contributed by atoms with E-state index >= 15 is 0 Å². The van der Waals surface area contributed by atoms with Crippen molar-refractivity contribution in [2.45, 2.75) is 19.5 Å². The summed E-state index contributed by atoms with van der Waals surface area (Å²) < 4.78 is 0. The molecule has 1 aliphatic heterocycles. The number of carbonyl (C=O) groups excluding carboxylic acids is 1. The highest BCUT2D eigenvalue weighted by atomic mass is 16.1. The van der Waals surface area contributed by atoms with Crippen LogP contribution in [-0.2, 0) is 11.3 Å². The molecule has 2 atom stereocenters. The molecule has 0 aromatic heterocycles. The number of nitrogens with one attached hydrogen (secondary N) is 2. The fourth-order valence-corrected chi connectivity index (χ4v) is 2.76. The topological polar surface area (TPSA) is 44.4 Å². The summed E-state index contributed by atoms with van der Waals surface area (Å²) in [4.78, 5) is 13.9. The first-order valence-electron chi connectivity index (χ1n) is 6.83. The summed E-state index contributed by atoms with van der Waals surface area (Å²) in [5.74, 6) is 0.105. The number of nitrogens with zero attached hydrogens (tertiary/aromatic N) is 1. The standard InChI is InChI=1S/C15H23N3O/c1-11(15(19)16-2)10-18(3)14-9-17-8-12-6-4-5-7-13(12)14/h4-7,11,14,17H,8-10H2,1-3H3,(H,16,19). The minimum atomic E-state index is 0.00379. The molecule has 104 valence electrons. The molecule has 4 nitrogen and oxygen atoms in total. The van der Waals surface area contributed by atoms with Crippen LogP contribution in [-0.4, -0.2) is 38.0 Å². The Hall–Kier alpha value is -1.39. The van der Waals surface area contributed by atoms with Gasteiger partial charge in [-0.25, -0.2) is 0 Å². The van der Waals surface area contributed by atoms with Gasteiger partial charge in [-0.3, -0.25) is 9.69 Å². The highest BCUT2D eigenvalue weighted by molar-refractivity contribution is 5.78. The van der Waals surface area contributed by atoms with Gasteiger partial charge in [0.2, 0.25) is 5.91 Å². The zero-order valence-corrected chi connectivity index (χ0v) is 11.9. The van der Waals surface area contributed by atoms with Crippen LogP contribution in [0.1, 0.15) is 24.1 Å². The van der Waals surface area contributed by atoms with Gasteiger partial charge in [-0.05, 0) is 18.2 Å². The molecule has 1 aromatic carbocycles. The van der Waals surface area contributed by atoms with Crippen molar-refractivity contribution in [1.29, 1.82) is 0 Å². The molecule has 1 aromatic rings. The molecule has 0 radical (unpaired) electrons. The lowest BCUT2D eigenvalue weighted by atomic mass is 9.95. The predicted molar refractivity (Wildman–Crippen MR) is 76.8 cm³/mol. The number of likely N-dealkylation sites (N-methyl/N-ethyl adjacent to an activating group) is 1. The van der Waals surface area contributed by atoms with Crippen LogP contribution >= 0.6 is 0 Å². The normalized spacial score (nSPS) is 19.9. The van der Waals surface area contributed by atoms with E-state index in [0.29, 0.717) is 6.04 Å². The lowest BCUT2D eigenvalue weighted by Gasteiger charge is -2.34. The van der Waals surface area contributed by atoms with Crippen molar-refractivity contribution in [2.75, 3.05) is 27.2 Å². The first-order chi connectivity index (χ1) is 9.13. The SMILES string of the molecule is CNC(=O)C(C)CN(C)C1CNCc2ccccc21. The molecular formula is C15H23N3O. The van der Waals surface area contributed by atoms with E-state index in [4.69, 9.17) is 0 Å². The molecule has 0 saturated carbocycles. The molecule has 0 spiro atoms. The number of rotatable bonds is 4. The fraction of sp³-hybridized carbons (Fsp3) is 0.533. The number of hydrogen-bond acceptors (Lipinski definition) is 3. The van der Waals surface area contributed by atoms with Gasteiger partial charge in [-0.2, -0.15) is 0 Å². The van der Waals surface area contributed by atoms with Crippen LogP contribution in [0.2, 0.25) is 0 Å². The van der Waals surface area contributed by atoms with Gasteiger partial charge in [0.05, 0.1) is 0 Å². The van der Waals surface area contributed by atoms with E-state index in [2.05, 4.69) is 46.8 Å². The van der Waals surface area contributed by atoms with Gasteiger partial charge in [-0.15, -0.1) is 0 Å². The van der Waals surface area contributed by atoms with Crippen LogP contribution < -0.4 is 10.6 Å². The quantitative estimate of drug-likeness (QED) is 0.854. The number of fused-ring (bicyclic) bond motifs is 1. The van der Waals surface area contributed by atoms with E-state index in [1.165, 1.54) is 11.1 Å². The minimum absolute atomic E-state index is 0.00379. The second-order valence-electron chi connectivity index (χ2n) is 5.30. The van der Waals surface area contributed by atoms with Crippen LogP contribution in [0.3, 0.4) is 0 Å². The fourth-order valence-electron chi connectivity index (χ4n) is 2.76. The Morgan fingerprint density at radius 1 is 1.53 bits per heavy atom. The summed E-state index contributed by atoms with van der Waals surface area (Å²) in [7, 11) is 3.78. The van der Waals surface area contributed by atoms with E-state index < -0.39 is 0 Å². The van der Waals surface area contributed by atoms with Gasteiger partial charge in [0.15, 0.2) is 0 Å². The molecule has 2 unspecified atom stereocenters. The monoisotopic (exact) mass is 261 g/mol. The molecule has 0 saturated heterocycles. The molecule has 0 aliphatic carbocycles. The van der Waals surface area contributed by atoms with Crippen LogP contribution in [0.5, 0.6) is 0 Å². The molecule has 1 aliphatic rings. The maximum Gasteiger partial charge on any atom is 0.223 e. The molecule has 19 heavy (non-hydrogen) atoms. The third-order valence-corrected chi connectivity index (χ3v) is 3.86. The Labute approximate surface area is 115 Å². The summed E-state index contributed by atoms with van der Waals surface area (Å²) >= 11 is 0. The second kappa shape index (κ2) is 6.17. The summed E-state index contributed by atoms with van der Waals surface area (Å²) in [6.45, 7) is 4.61. The van der Waals surface area contributed by atoms with Crippen LogP contribution in [0.15, 0.2) is 24.3 Å². The number of carbonyl (C=O) groups is 1. The van der Waals surface area contributed by atoms with Crippen molar-refractivity contribution >= 4 is 5.91 Å². The number of benzene rings is 1. The molecule has 2 N–H and O–H groups in total. The summed E-state index contributed by atoms with van der Waals surface area (Å²) in [6, 6.07) is 8.88. The van der Waals surface area contributed by atoms with Gasteiger partial charge >= 0.3 is 0 Å². The third kappa shape index (κ3) is 3.14. The second-order valence-corrected chi connectivity index (χ2v) is 5.30. The average molecular weight is 261 g/mol. The zero-order valence-electron chi connectivity index (χ0n) is 11.9. The average Bonchev–Trinajstić information content (AvgIpc) is 2.45. The highest BCUT2D eigenvalue weighted by Crippen LogP contribution is 2.26. The molecular weight excluding hydrogens is 238 g/mol. The molecule has 2 rings (SSSR count). The smallest absolute Gasteiger partial charge is 0.223 e.